The molecule has 186 valence electrons. The van der Waals surface area contributed by atoms with Crippen LogP contribution in [0.5, 0.6) is 0 Å². The topological polar surface area (TPSA) is 226 Å². The van der Waals surface area contributed by atoms with Gasteiger partial charge in [-0.1, -0.05) is 24.3 Å². The second-order valence-electron chi connectivity index (χ2n) is 7.37. The average Bonchev–Trinajstić information content (AvgIpc) is 2.78. The SMILES string of the molecule is N[C@@H](CCC(=O)N[C@@H](CSC1c2c(cccc2N([O-])O)C=CC1O)C(=O)NCC(=O)O)C(=O)O. The van der Waals surface area contributed by atoms with Crippen LogP contribution in [0.25, 0.3) is 6.08 Å². The molecule has 2 unspecified atom stereocenters. The number of carbonyl (C=O) groups excluding carboxylic acids is 2. The fourth-order valence-electron chi connectivity index (χ4n) is 3.19. The van der Waals surface area contributed by atoms with Gasteiger partial charge in [0.15, 0.2) is 0 Å². The minimum atomic E-state index is -1.30. The van der Waals surface area contributed by atoms with Gasteiger partial charge in [0.25, 0.3) is 0 Å². The fraction of sp³-hybridized carbons (Fsp3) is 0.400. The second kappa shape index (κ2) is 12.3. The Hall–Kier alpha value is -3.17. The number of aliphatic hydroxyl groups is 1. The largest absolute Gasteiger partial charge is 0.733 e. The van der Waals surface area contributed by atoms with E-state index in [1.165, 1.54) is 12.1 Å². The normalized spacial score (nSPS) is 18.4. The summed E-state index contributed by atoms with van der Waals surface area (Å²) in [6.45, 7) is -0.697. The number of carboxylic acids is 2. The number of thioether (sulfide) groups is 1. The number of nitrogens with zero attached hydrogens (tertiary/aromatic N) is 1. The Kier molecular flexibility index (Phi) is 9.83. The number of aliphatic hydroxyl groups excluding tert-OH is 1. The van der Waals surface area contributed by atoms with Gasteiger partial charge in [-0.3, -0.25) is 24.4 Å². The predicted octanol–water partition coefficient (Wildman–Crippen LogP) is -0.580. The standard InChI is InChI=1S/C20H25N4O9S/c21-11(20(30)31)5-7-15(26)23-12(19(29)22-8-16(27)28)9-34-18-14(25)6-4-10-2-1-3-13(17(10)18)24(32)33/h1-4,6,11-12,14,18,25,32H,5,7-9,21H2,(H,22,29)(H,23,26)(H,27,28)(H,30,31)/q-1/t11-,12-,14?,18?/m0/s1. The molecule has 1 aromatic carbocycles. The highest BCUT2D eigenvalue weighted by Gasteiger charge is 2.31. The quantitative estimate of drug-likeness (QED) is 0.180. The lowest BCUT2D eigenvalue weighted by molar-refractivity contribution is -0.139. The van der Waals surface area contributed by atoms with E-state index in [-0.39, 0.29) is 29.5 Å². The lowest BCUT2D eigenvalue weighted by atomic mass is 9.93. The monoisotopic (exact) mass is 497 g/mol. The number of fused-ring (bicyclic) bond motifs is 1. The van der Waals surface area contributed by atoms with E-state index >= 15 is 0 Å². The molecule has 0 bridgehead atoms. The Labute approximate surface area is 198 Å². The molecule has 2 amide bonds. The number of aliphatic carboxylic acids is 2. The van der Waals surface area contributed by atoms with E-state index in [4.69, 9.17) is 15.9 Å². The Bertz CT molecular complexity index is 956. The van der Waals surface area contributed by atoms with Gasteiger partial charge < -0.3 is 42.1 Å². The molecule has 2 rings (SSSR count). The van der Waals surface area contributed by atoms with Crippen molar-refractivity contribution in [2.24, 2.45) is 5.73 Å². The Morgan fingerprint density at radius 3 is 2.56 bits per heavy atom. The summed E-state index contributed by atoms with van der Waals surface area (Å²) in [6.07, 6.45) is 1.48. The van der Waals surface area contributed by atoms with Crippen LogP contribution in [-0.2, 0) is 19.2 Å². The van der Waals surface area contributed by atoms with Crippen molar-refractivity contribution in [1.29, 1.82) is 0 Å². The zero-order valence-electron chi connectivity index (χ0n) is 17.8. The van der Waals surface area contributed by atoms with E-state index in [2.05, 4.69) is 10.6 Å². The minimum absolute atomic E-state index is 0.100. The van der Waals surface area contributed by atoms with Gasteiger partial charge in [0.2, 0.25) is 11.8 Å². The van der Waals surface area contributed by atoms with E-state index < -0.39 is 53.7 Å². The van der Waals surface area contributed by atoms with Crippen LogP contribution in [0.15, 0.2) is 24.3 Å². The number of hydrogen-bond donors (Lipinski definition) is 7. The number of hydrogen-bond acceptors (Lipinski definition) is 10. The Balaban J connectivity index is 2.17. The number of rotatable bonds is 12. The number of nitrogens with one attached hydrogen (secondary N) is 2. The van der Waals surface area contributed by atoms with E-state index in [1.54, 1.807) is 18.2 Å². The van der Waals surface area contributed by atoms with E-state index in [9.17, 15) is 34.7 Å². The van der Waals surface area contributed by atoms with Gasteiger partial charge in [0.05, 0.1) is 17.0 Å². The number of carboxylic acid groups (broad SMARTS) is 2. The summed E-state index contributed by atoms with van der Waals surface area (Å²) >= 11 is 1.00. The van der Waals surface area contributed by atoms with Gasteiger partial charge in [0.1, 0.15) is 18.6 Å². The van der Waals surface area contributed by atoms with Crippen LogP contribution < -0.4 is 21.6 Å². The number of amides is 2. The first kappa shape index (κ1) is 27.1. The highest BCUT2D eigenvalue weighted by molar-refractivity contribution is 7.99. The maximum atomic E-state index is 12.5. The van der Waals surface area contributed by atoms with Crippen LogP contribution in [0, 0.1) is 5.21 Å². The average molecular weight is 498 g/mol. The first-order valence-electron chi connectivity index (χ1n) is 10.1. The van der Waals surface area contributed by atoms with Crippen LogP contribution >= 0.6 is 11.8 Å². The predicted molar refractivity (Wildman–Crippen MR) is 122 cm³/mol. The highest BCUT2D eigenvalue weighted by Crippen LogP contribution is 2.43. The van der Waals surface area contributed by atoms with E-state index in [0.717, 1.165) is 11.8 Å². The van der Waals surface area contributed by atoms with Crippen molar-refractivity contribution in [2.45, 2.75) is 36.3 Å². The zero-order valence-corrected chi connectivity index (χ0v) is 18.6. The van der Waals surface area contributed by atoms with Crippen LogP contribution in [0.4, 0.5) is 5.69 Å². The summed E-state index contributed by atoms with van der Waals surface area (Å²) in [5.41, 5.74) is 6.17. The highest BCUT2D eigenvalue weighted by atomic mass is 32.2. The molecule has 0 aliphatic heterocycles. The van der Waals surface area contributed by atoms with Crippen molar-refractivity contribution in [3.63, 3.8) is 0 Å². The molecule has 0 heterocycles. The third kappa shape index (κ3) is 7.43. The third-order valence-electron chi connectivity index (χ3n) is 4.90. The van der Waals surface area contributed by atoms with E-state index in [0.29, 0.717) is 11.1 Å². The number of carbonyl (C=O) groups is 4. The molecule has 0 aromatic heterocycles. The summed E-state index contributed by atoms with van der Waals surface area (Å²) in [5, 5.41) is 52.6. The lowest BCUT2D eigenvalue weighted by Crippen LogP contribution is -2.49. The van der Waals surface area contributed by atoms with Gasteiger partial charge in [0, 0.05) is 12.2 Å². The van der Waals surface area contributed by atoms with E-state index in [1.807, 2.05) is 0 Å². The summed E-state index contributed by atoms with van der Waals surface area (Å²) < 4.78 is 0. The number of nitrogens with two attached hydrogens (primary N) is 1. The fourth-order valence-corrected chi connectivity index (χ4v) is 4.54. The van der Waals surface area contributed by atoms with Gasteiger partial charge in [-0.15, -0.1) is 11.8 Å². The maximum Gasteiger partial charge on any atom is 0.322 e. The molecule has 0 spiro atoms. The summed E-state index contributed by atoms with van der Waals surface area (Å²) in [7, 11) is 0. The Morgan fingerprint density at radius 1 is 1.24 bits per heavy atom. The molecule has 8 N–H and O–H groups in total. The van der Waals surface area contributed by atoms with Crippen molar-refractivity contribution < 1.29 is 39.7 Å². The van der Waals surface area contributed by atoms with Crippen LogP contribution in [-0.4, -0.2) is 74.8 Å². The van der Waals surface area contributed by atoms with Crippen LogP contribution in [0.1, 0.15) is 29.2 Å². The van der Waals surface area contributed by atoms with Crippen molar-refractivity contribution in [2.75, 3.05) is 17.5 Å². The molecule has 0 saturated heterocycles. The first-order chi connectivity index (χ1) is 16.0. The van der Waals surface area contributed by atoms with Gasteiger partial charge >= 0.3 is 11.9 Å². The summed E-state index contributed by atoms with van der Waals surface area (Å²) in [5.74, 6) is -4.23. The molecule has 0 saturated carbocycles. The van der Waals surface area contributed by atoms with Crippen molar-refractivity contribution in [1.82, 2.24) is 10.6 Å². The van der Waals surface area contributed by atoms with Crippen LogP contribution in [0.3, 0.4) is 0 Å². The molecule has 4 atom stereocenters. The maximum absolute atomic E-state index is 12.5. The van der Waals surface area contributed by atoms with Gasteiger partial charge in [-0.2, -0.15) is 0 Å². The van der Waals surface area contributed by atoms with Crippen LogP contribution in [0.2, 0.25) is 0 Å². The molecule has 1 aliphatic carbocycles. The molecule has 0 fully saturated rings. The van der Waals surface area contributed by atoms with Gasteiger partial charge in [-0.05, 0) is 23.6 Å². The molecule has 1 aliphatic rings. The molecule has 0 radical (unpaired) electrons. The molecular formula is C20H25N4O9S-. The third-order valence-corrected chi connectivity index (χ3v) is 6.30. The second-order valence-corrected chi connectivity index (χ2v) is 8.55. The van der Waals surface area contributed by atoms with Crippen molar-refractivity contribution in [3.8, 4) is 0 Å². The van der Waals surface area contributed by atoms with Gasteiger partial charge in [-0.25, -0.2) is 0 Å². The van der Waals surface area contributed by atoms with Crippen molar-refractivity contribution in [3.05, 3.63) is 40.6 Å². The minimum Gasteiger partial charge on any atom is -0.733 e. The Morgan fingerprint density at radius 2 is 1.94 bits per heavy atom. The summed E-state index contributed by atoms with van der Waals surface area (Å²) in [6, 6.07) is 2.05. The lowest BCUT2D eigenvalue weighted by Gasteiger charge is -2.33. The molecule has 34 heavy (non-hydrogen) atoms. The molecular weight excluding hydrogens is 472 g/mol. The van der Waals surface area contributed by atoms with Crippen molar-refractivity contribution >= 4 is 47.3 Å². The smallest absolute Gasteiger partial charge is 0.322 e. The number of anilines is 1. The number of benzene rings is 1. The summed E-state index contributed by atoms with van der Waals surface area (Å²) in [4.78, 5) is 46.4. The molecule has 13 nitrogen and oxygen atoms in total. The first-order valence-corrected chi connectivity index (χ1v) is 11.1. The molecule has 1 aromatic rings. The molecule has 14 heteroatoms. The zero-order chi connectivity index (χ0) is 25.4.